The number of hydrogen-bond acceptors (Lipinski definition) is 0. The smallest absolute Gasteiger partial charge is 0.0353 e. The van der Waals surface area contributed by atoms with E-state index in [4.69, 9.17) is 0 Å². The number of unbranched alkanes of at least 4 members (excludes halogenated alkanes) is 38. The molecule has 0 bridgehead atoms. The topological polar surface area (TPSA) is 0 Å². The van der Waals surface area contributed by atoms with Gasteiger partial charge in [-0.05, 0) is 12.8 Å². The van der Waals surface area contributed by atoms with Crippen molar-refractivity contribution in [2.24, 2.45) is 0 Å². The molecule has 0 aromatic heterocycles. The minimum atomic E-state index is 1.21. The van der Waals surface area contributed by atoms with Gasteiger partial charge in [-0.1, -0.05) is 251 Å². The van der Waals surface area contributed by atoms with E-state index in [-0.39, 0.29) is 0 Å². The Morgan fingerprint density at radius 2 is 0.381 bits per heavy atom. The Labute approximate surface area is 269 Å². The van der Waals surface area contributed by atoms with Gasteiger partial charge in [0, 0.05) is 0 Å². The highest BCUT2D eigenvalue weighted by atomic mass is 14.0. The summed E-state index contributed by atoms with van der Waals surface area (Å²) in [6, 6.07) is 0. The van der Waals surface area contributed by atoms with Crippen LogP contribution in [0.5, 0.6) is 0 Å². The fourth-order valence-electron chi connectivity index (χ4n) is 6.73. The molecule has 0 unspecified atom stereocenters. The standard InChI is InChI=1S/C42H84/c1-3-5-7-9-11-13-15-17-19-21-23-25-27-29-31-33-35-37-39-41-42-40-38-36-34-32-30-28-26-24-22-20-18-16-14-12-10-8-6-4-2/h3H,1,4-42H2,2H3. The van der Waals surface area contributed by atoms with Crippen LogP contribution in [0.2, 0.25) is 0 Å². The van der Waals surface area contributed by atoms with E-state index in [2.05, 4.69) is 19.6 Å². The van der Waals surface area contributed by atoms with Gasteiger partial charge in [0.05, 0.1) is 0 Å². The minimum absolute atomic E-state index is 1.21. The molecule has 0 nitrogen and oxygen atoms in total. The van der Waals surface area contributed by atoms with E-state index < -0.39 is 0 Å². The van der Waals surface area contributed by atoms with Crippen molar-refractivity contribution in [2.75, 3.05) is 0 Å². The molecule has 0 saturated heterocycles. The third-order valence-corrected chi connectivity index (χ3v) is 9.76. The molecule has 0 saturated carbocycles. The van der Waals surface area contributed by atoms with Crippen LogP contribution in [0.25, 0.3) is 0 Å². The van der Waals surface area contributed by atoms with E-state index in [1.165, 1.54) is 250 Å². The van der Waals surface area contributed by atoms with E-state index in [0.717, 1.165) is 0 Å². The lowest BCUT2D eigenvalue weighted by atomic mass is 10.0. The van der Waals surface area contributed by atoms with Crippen LogP contribution < -0.4 is 0 Å². The summed E-state index contributed by atoms with van der Waals surface area (Å²) in [5.41, 5.74) is 0. The molecule has 0 atom stereocenters. The van der Waals surface area contributed by atoms with Crippen molar-refractivity contribution < 1.29 is 0 Å². The molecule has 0 N–H and O–H groups in total. The fraction of sp³-hybridized carbons (Fsp3) is 0.952. The first-order valence-electron chi connectivity index (χ1n) is 20.5. The molecule has 0 amide bonds. The monoisotopic (exact) mass is 589 g/mol. The number of allylic oxidation sites excluding steroid dienone is 1. The second-order valence-electron chi connectivity index (χ2n) is 14.2. The van der Waals surface area contributed by atoms with Gasteiger partial charge in [-0.15, -0.1) is 6.58 Å². The zero-order valence-corrected chi connectivity index (χ0v) is 29.9. The first kappa shape index (κ1) is 41.7. The second kappa shape index (κ2) is 40.7. The van der Waals surface area contributed by atoms with Crippen molar-refractivity contribution in [1.29, 1.82) is 0 Å². The van der Waals surface area contributed by atoms with E-state index in [1.807, 2.05) is 0 Å². The van der Waals surface area contributed by atoms with Gasteiger partial charge in [-0.2, -0.15) is 0 Å². The molecule has 42 heavy (non-hydrogen) atoms. The summed E-state index contributed by atoms with van der Waals surface area (Å²) < 4.78 is 0. The third-order valence-electron chi connectivity index (χ3n) is 9.76. The van der Waals surface area contributed by atoms with Gasteiger partial charge >= 0.3 is 0 Å². The molecule has 0 aliphatic heterocycles. The Morgan fingerprint density at radius 3 is 0.524 bits per heavy atom. The summed E-state index contributed by atoms with van der Waals surface area (Å²) in [7, 11) is 0. The van der Waals surface area contributed by atoms with Crippen molar-refractivity contribution in [3.8, 4) is 0 Å². The van der Waals surface area contributed by atoms with Crippen LogP contribution in [0.15, 0.2) is 12.7 Å². The van der Waals surface area contributed by atoms with Crippen molar-refractivity contribution in [3.63, 3.8) is 0 Å². The highest BCUT2D eigenvalue weighted by Gasteiger charge is 1.97. The van der Waals surface area contributed by atoms with Gasteiger partial charge < -0.3 is 0 Å². The predicted molar refractivity (Wildman–Crippen MR) is 196 cm³/mol. The van der Waals surface area contributed by atoms with E-state index >= 15 is 0 Å². The van der Waals surface area contributed by atoms with E-state index in [9.17, 15) is 0 Å². The zero-order chi connectivity index (χ0) is 30.3. The molecular formula is C42H84. The van der Waals surface area contributed by atoms with Crippen LogP contribution in [-0.2, 0) is 0 Å². The highest BCUT2D eigenvalue weighted by Crippen LogP contribution is 2.17. The minimum Gasteiger partial charge on any atom is -0.103 e. The molecule has 0 aromatic carbocycles. The Hall–Kier alpha value is -0.260. The summed E-state index contributed by atoms with van der Waals surface area (Å²) in [5, 5.41) is 0. The average Bonchev–Trinajstić information content (AvgIpc) is 3.00. The summed E-state index contributed by atoms with van der Waals surface area (Å²) in [6.45, 7) is 6.12. The molecule has 252 valence electrons. The molecule has 0 radical (unpaired) electrons. The van der Waals surface area contributed by atoms with Crippen LogP contribution in [-0.4, -0.2) is 0 Å². The van der Waals surface area contributed by atoms with Gasteiger partial charge in [0.15, 0.2) is 0 Å². The lowest BCUT2D eigenvalue weighted by molar-refractivity contribution is 0.510. The van der Waals surface area contributed by atoms with Gasteiger partial charge in [0.25, 0.3) is 0 Å². The highest BCUT2D eigenvalue weighted by molar-refractivity contribution is 4.65. The Balaban J connectivity index is 3.02. The van der Waals surface area contributed by atoms with Crippen LogP contribution in [0.3, 0.4) is 0 Å². The van der Waals surface area contributed by atoms with Gasteiger partial charge in [-0.25, -0.2) is 0 Å². The SMILES string of the molecule is C=CCCCCCCCCCCCCCCCCCCCCCCCCCCCCCCCCCCCCCCCC. The third kappa shape index (κ3) is 39.7. The van der Waals surface area contributed by atoms with E-state index in [1.54, 1.807) is 0 Å². The average molecular weight is 589 g/mol. The fourth-order valence-corrected chi connectivity index (χ4v) is 6.73. The second-order valence-corrected chi connectivity index (χ2v) is 14.2. The lowest BCUT2D eigenvalue weighted by Gasteiger charge is -2.05. The Kier molecular flexibility index (Phi) is 40.5. The molecule has 0 rings (SSSR count). The van der Waals surface area contributed by atoms with Crippen molar-refractivity contribution in [1.82, 2.24) is 0 Å². The van der Waals surface area contributed by atoms with Crippen molar-refractivity contribution in [3.05, 3.63) is 12.7 Å². The summed E-state index contributed by atoms with van der Waals surface area (Å²) in [5.74, 6) is 0. The largest absolute Gasteiger partial charge is 0.103 e. The first-order chi connectivity index (χ1) is 20.9. The summed E-state index contributed by atoms with van der Waals surface area (Å²) in [6.07, 6.45) is 59.4. The van der Waals surface area contributed by atoms with Crippen LogP contribution >= 0.6 is 0 Å². The van der Waals surface area contributed by atoms with Crippen LogP contribution in [0.1, 0.15) is 257 Å². The van der Waals surface area contributed by atoms with E-state index in [0.29, 0.717) is 0 Å². The first-order valence-corrected chi connectivity index (χ1v) is 20.5. The molecule has 0 fully saturated rings. The molecule has 0 heteroatoms. The predicted octanol–water partition coefficient (Wildman–Crippen LogP) is 16.4. The number of hydrogen-bond donors (Lipinski definition) is 0. The van der Waals surface area contributed by atoms with Crippen molar-refractivity contribution in [2.45, 2.75) is 257 Å². The van der Waals surface area contributed by atoms with Gasteiger partial charge in [0.1, 0.15) is 0 Å². The molecule has 0 aliphatic carbocycles. The van der Waals surface area contributed by atoms with Crippen molar-refractivity contribution >= 4 is 0 Å². The molecule has 0 heterocycles. The normalized spacial score (nSPS) is 11.5. The lowest BCUT2D eigenvalue weighted by Crippen LogP contribution is -1.85. The molecule has 0 spiro atoms. The Bertz CT molecular complexity index is 451. The van der Waals surface area contributed by atoms with Gasteiger partial charge in [-0.3, -0.25) is 0 Å². The maximum atomic E-state index is 3.81. The quantitative estimate of drug-likeness (QED) is 0.0495. The molecule has 0 aromatic rings. The number of rotatable bonds is 39. The van der Waals surface area contributed by atoms with Crippen LogP contribution in [0.4, 0.5) is 0 Å². The maximum absolute atomic E-state index is 3.81. The summed E-state index contributed by atoms with van der Waals surface area (Å²) in [4.78, 5) is 0. The summed E-state index contributed by atoms with van der Waals surface area (Å²) >= 11 is 0. The zero-order valence-electron chi connectivity index (χ0n) is 29.9. The van der Waals surface area contributed by atoms with Crippen LogP contribution in [0, 0.1) is 0 Å². The Morgan fingerprint density at radius 1 is 0.238 bits per heavy atom. The van der Waals surface area contributed by atoms with Gasteiger partial charge in [0.2, 0.25) is 0 Å². The molecular weight excluding hydrogens is 504 g/mol. The maximum Gasteiger partial charge on any atom is -0.0353 e. The molecule has 0 aliphatic rings.